The highest BCUT2D eigenvalue weighted by Gasteiger charge is 2.21. The van der Waals surface area contributed by atoms with Gasteiger partial charge in [-0.3, -0.25) is 0 Å². The SMILES string of the molecule is C=CCc1cccc(C2CCCCC2)c1Oc1cnc(Cl)cn1. The minimum Gasteiger partial charge on any atom is -0.437 e. The zero-order chi connectivity index (χ0) is 16.1. The Labute approximate surface area is 142 Å². The van der Waals surface area contributed by atoms with Gasteiger partial charge in [0.15, 0.2) is 0 Å². The number of hydrogen-bond donors (Lipinski definition) is 0. The van der Waals surface area contributed by atoms with Crippen molar-refractivity contribution >= 4 is 11.6 Å². The van der Waals surface area contributed by atoms with Crippen LogP contribution in [0.5, 0.6) is 11.6 Å². The van der Waals surface area contributed by atoms with E-state index in [0.717, 1.165) is 17.7 Å². The Hall–Kier alpha value is -1.87. The van der Waals surface area contributed by atoms with E-state index in [0.29, 0.717) is 17.0 Å². The third-order valence-electron chi connectivity index (χ3n) is 4.34. The highest BCUT2D eigenvalue weighted by atomic mass is 35.5. The van der Waals surface area contributed by atoms with Crippen molar-refractivity contribution in [1.29, 1.82) is 0 Å². The van der Waals surface area contributed by atoms with Gasteiger partial charge in [0.2, 0.25) is 5.88 Å². The molecule has 0 atom stereocenters. The molecule has 23 heavy (non-hydrogen) atoms. The van der Waals surface area contributed by atoms with E-state index in [1.54, 1.807) is 6.20 Å². The van der Waals surface area contributed by atoms with Gasteiger partial charge in [-0.1, -0.05) is 55.1 Å². The molecule has 0 radical (unpaired) electrons. The smallest absolute Gasteiger partial charge is 0.237 e. The van der Waals surface area contributed by atoms with E-state index >= 15 is 0 Å². The van der Waals surface area contributed by atoms with Crippen LogP contribution in [0, 0.1) is 0 Å². The molecule has 4 heteroatoms. The summed E-state index contributed by atoms with van der Waals surface area (Å²) in [7, 11) is 0. The van der Waals surface area contributed by atoms with Gasteiger partial charge >= 0.3 is 0 Å². The molecule has 2 aromatic rings. The van der Waals surface area contributed by atoms with E-state index in [-0.39, 0.29) is 0 Å². The van der Waals surface area contributed by atoms with Crippen molar-refractivity contribution in [3.05, 3.63) is 59.5 Å². The monoisotopic (exact) mass is 328 g/mol. The summed E-state index contributed by atoms with van der Waals surface area (Å²) in [5.74, 6) is 1.95. The maximum absolute atomic E-state index is 6.12. The van der Waals surface area contributed by atoms with Crippen LogP contribution in [-0.2, 0) is 6.42 Å². The molecule has 1 aliphatic carbocycles. The summed E-state index contributed by atoms with van der Waals surface area (Å²) >= 11 is 5.81. The maximum Gasteiger partial charge on any atom is 0.237 e. The van der Waals surface area contributed by atoms with Gasteiger partial charge < -0.3 is 4.74 Å². The minimum absolute atomic E-state index is 0.365. The second kappa shape index (κ2) is 7.60. The molecule has 0 N–H and O–H groups in total. The fraction of sp³-hybridized carbons (Fsp3) is 0.368. The minimum atomic E-state index is 0.365. The molecule has 1 heterocycles. The first kappa shape index (κ1) is 16.0. The van der Waals surface area contributed by atoms with Crippen LogP contribution in [0.3, 0.4) is 0 Å². The predicted octanol–water partition coefficient (Wildman–Crippen LogP) is 5.70. The lowest BCUT2D eigenvalue weighted by Crippen LogP contribution is -2.07. The lowest BCUT2D eigenvalue weighted by atomic mass is 9.83. The summed E-state index contributed by atoms with van der Waals surface area (Å²) in [5, 5.41) is 0.365. The second-order valence-electron chi connectivity index (χ2n) is 5.94. The van der Waals surface area contributed by atoms with Crippen molar-refractivity contribution < 1.29 is 4.74 Å². The summed E-state index contributed by atoms with van der Waals surface area (Å²) in [6.45, 7) is 3.86. The number of hydrogen-bond acceptors (Lipinski definition) is 3. The maximum atomic E-state index is 6.12. The molecule has 120 valence electrons. The first-order valence-electron chi connectivity index (χ1n) is 8.16. The molecule has 1 fully saturated rings. The fourth-order valence-corrected chi connectivity index (χ4v) is 3.34. The van der Waals surface area contributed by atoms with Crippen molar-refractivity contribution in [2.24, 2.45) is 0 Å². The van der Waals surface area contributed by atoms with Gasteiger partial charge in [-0.25, -0.2) is 9.97 Å². The average Bonchev–Trinajstić information content (AvgIpc) is 2.59. The molecule has 0 bridgehead atoms. The molecule has 0 saturated heterocycles. The number of aromatic nitrogens is 2. The number of halogens is 1. The van der Waals surface area contributed by atoms with Gasteiger partial charge in [0.1, 0.15) is 10.9 Å². The summed E-state index contributed by atoms with van der Waals surface area (Å²) in [5.41, 5.74) is 2.42. The molecule has 0 amide bonds. The standard InChI is InChI=1S/C19H21ClN2O/c1-2-7-15-10-6-11-16(14-8-4-3-5-9-14)19(15)23-18-13-21-17(20)12-22-18/h2,6,10-14H,1,3-5,7-9H2. The molecule has 3 nitrogen and oxygen atoms in total. The third kappa shape index (κ3) is 3.91. The molecule has 0 unspecified atom stereocenters. The molecule has 0 spiro atoms. The average molecular weight is 329 g/mol. The van der Waals surface area contributed by atoms with Crippen LogP contribution in [-0.4, -0.2) is 9.97 Å². The summed E-state index contributed by atoms with van der Waals surface area (Å²) in [4.78, 5) is 8.27. The topological polar surface area (TPSA) is 35.0 Å². The molecule has 3 rings (SSSR count). The number of rotatable bonds is 5. The Morgan fingerprint density at radius 3 is 2.70 bits per heavy atom. The summed E-state index contributed by atoms with van der Waals surface area (Å²) in [6.07, 6.45) is 12.1. The third-order valence-corrected chi connectivity index (χ3v) is 4.53. The van der Waals surface area contributed by atoms with Gasteiger partial charge in [0.05, 0.1) is 12.4 Å². The van der Waals surface area contributed by atoms with Gasteiger partial charge in [-0.05, 0) is 36.3 Å². The molecular weight excluding hydrogens is 308 g/mol. The number of allylic oxidation sites excluding steroid dienone is 1. The Morgan fingerprint density at radius 1 is 1.17 bits per heavy atom. The Bertz CT molecular complexity index is 664. The largest absolute Gasteiger partial charge is 0.437 e. The highest BCUT2D eigenvalue weighted by molar-refractivity contribution is 6.29. The van der Waals surface area contributed by atoms with Gasteiger partial charge in [-0.15, -0.1) is 6.58 Å². The lowest BCUT2D eigenvalue weighted by molar-refractivity contribution is 0.409. The zero-order valence-electron chi connectivity index (χ0n) is 13.2. The lowest BCUT2D eigenvalue weighted by Gasteiger charge is -2.25. The Kier molecular flexibility index (Phi) is 5.29. The number of para-hydroxylation sites is 1. The second-order valence-corrected chi connectivity index (χ2v) is 6.33. The Morgan fingerprint density at radius 2 is 2.00 bits per heavy atom. The summed E-state index contributed by atoms with van der Waals surface area (Å²) in [6, 6.07) is 6.39. The molecule has 0 aliphatic heterocycles. The van der Waals surface area contributed by atoms with Crippen LogP contribution in [0.1, 0.15) is 49.1 Å². The van der Waals surface area contributed by atoms with Crippen molar-refractivity contribution in [3.8, 4) is 11.6 Å². The van der Waals surface area contributed by atoms with Gasteiger partial charge in [0.25, 0.3) is 0 Å². The fourth-order valence-electron chi connectivity index (χ4n) is 3.24. The van der Waals surface area contributed by atoms with E-state index in [4.69, 9.17) is 16.3 Å². The highest BCUT2D eigenvalue weighted by Crippen LogP contribution is 2.40. The van der Waals surface area contributed by atoms with Gasteiger partial charge in [0, 0.05) is 0 Å². The first-order chi connectivity index (χ1) is 11.3. The van der Waals surface area contributed by atoms with Crippen LogP contribution in [0.4, 0.5) is 0 Å². The van der Waals surface area contributed by atoms with Crippen molar-refractivity contribution in [1.82, 2.24) is 9.97 Å². The predicted molar refractivity (Wildman–Crippen MR) is 93.3 cm³/mol. The molecule has 1 aromatic carbocycles. The Balaban J connectivity index is 1.96. The van der Waals surface area contributed by atoms with Crippen molar-refractivity contribution in [3.63, 3.8) is 0 Å². The molecule has 1 aliphatic rings. The normalized spacial score (nSPS) is 15.3. The van der Waals surface area contributed by atoms with Crippen LogP contribution < -0.4 is 4.74 Å². The van der Waals surface area contributed by atoms with Gasteiger partial charge in [-0.2, -0.15) is 0 Å². The van der Waals surface area contributed by atoms with E-state index in [1.807, 2.05) is 6.08 Å². The van der Waals surface area contributed by atoms with Crippen molar-refractivity contribution in [2.45, 2.75) is 44.4 Å². The van der Waals surface area contributed by atoms with Crippen molar-refractivity contribution in [2.75, 3.05) is 0 Å². The summed E-state index contributed by atoms with van der Waals surface area (Å²) < 4.78 is 6.12. The first-order valence-corrected chi connectivity index (χ1v) is 8.54. The van der Waals surface area contributed by atoms with Crippen LogP contribution >= 0.6 is 11.6 Å². The molecule has 1 aromatic heterocycles. The van der Waals surface area contributed by atoms with E-state index in [9.17, 15) is 0 Å². The number of ether oxygens (including phenoxy) is 1. The number of nitrogens with zero attached hydrogens (tertiary/aromatic N) is 2. The van der Waals surface area contributed by atoms with E-state index in [2.05, 4.69) is 34.7 Å². The zero-order valence-corrected chi connectivity index (χ0v) is 13.9. The quantitative estimate of drug-likeness (QED) is 0.660. The molecular formula is C19H21ClN2O. The molecule has 1 saturated carbocycles. The van der Waals surface area contributed by atoms with E-state index in [1.165, 1.54) is 43.9 Å². The van der Waals surface area contributed by atoms with Crippen LogP contribution in [0.15, 0.2) is 43.2 Å². The number of benzene rings is 1. The van der Waals surface area contributed by atoms with E-state index < -0.39 is 0 Å². The van der Waals surface area contributed by atoms with Crippen LogP contribution in [0.25, 0.3) is 0 Å². The van der Waals surface area contributed by atoms with Crippen LogP contribution in [0.2, 0.25) is 5.15 Å².